The summed E-state index contributed by atoms with van der Waals surface area (Å²) in [6.45, 7) is 2.96. The number of carboxylic acids is 1. The molecule has 2 rings (SSSR count). The van der Waals surface area contributed by atoms with Gasteiger partial charge >= 0.3 is 11.9 Å². The van der Waals surface area contributed by atoms with Crippen molar-refractivity contribution in [3.63, 3.8) is 0 Å². The molecular weight excluding hydrogens is 358 g/mol. The van der Waals surface area contributed by atoms with Crippen LogP contribution in [-0.2, 0) is 19.1 Å². The molecule has 2 N–H and O–H groups in total. The molecule has 1 aliphatic rings. The van der Waals surface area contributed by atoms with E-state index in [2.05, 4.69) is 5.32 Å². The summed E-state index contributed by atoms with van der Waals surface area (Å²) >= 11 is 6.28. The van der Waals surface area contributed by atoms with Crippen molar-refractivity contribution >= 4 is 29.3 Å². The second-order valence-corrected chi connectivity index (χ2v) is 6.09. The zero-order valence-electron chi connectivity index (χ0n) is 14.5. The summed E-state index contributed by atoms with van der Waals surface area (Å²) in [5.41, 5.74) is 1.15. The van der Waals surface area contributed by atoms with Crippen LogP contribution < -0.4 is 5.32 Å². The second-order valence-electron chi connectivity index (χ2n) is 5.69. The molecule has 0 aromatic heterocycles. The molecule has 7 heteroatoms. The number of allylic oxidation sites excluding steroid dienone is 3. The number of hydrogen-bond donors (Lipinski definition) is 2. The molecule has 1 aliphatic heterocycles. The van der Waals surface area contributed by atoms with E-state index < -0.39 is 17.9 Å². The normalized spacial score (nSPS) is 17.3. The highest BCUT2D eigenvalue weighted by Gasteiger charge is 2.38. The number of carboxylic acid groups (broad SMARTS) is 1. The molecule has 0 saturated heterocycles. The Kier molecular flexibility index (Phi) is 6.00. The van der Waals surface area contributed by atoms with Gasteiger partial charge in [0.15, 0.2) is 5.78 Å². The molecule has 0 fully saturated rings. The molecule has 0 aliphatic carbocycles. The Morgan fingerprint density at radius 2 is 1.88 bits per heavy atom. The van der Waals surface area contributed by atoms with Gasteiger partial charge in [-0.05, 0) is 37.6 Å². The maximum atomic E-state index is 12.5. The number of ketones is 1. The van der Waals surface area contributed by atoms with Crippen LogP contribution in [0.25, 0.3) is 0 Å². The van der Waals surface area contributed by atoms with E-state index in [-0.39, 0.29) is 16.9 Å². The van der Waals surface area contributed by atoms with Gasteiger partial charge in [0, 0.05) is 16.4 Å². The number of nitrogens with one attached hydrogen (secondary N) is 1. The number of halogens is 1. The first kappa shape index (κ1) is 19.5. The molecule has 1 aromatic rings. The van der Waals surface area contributed by atoms with Crippen molar-refractivity contribution in [1.82, 2.24) is 5.32 Å². The van der Waals surface area contributed by atoms with Gasteiger partial charge in [0.2, 0.25) is 0 Å². The number of methoxy groups -OCH3 is 1. The van der Waals surface area contributed by atoms with Crippen LogP contribution in [0.1, 0.15) is 25.3 Å². The zero-order valence-corrected chi connectivity index (χ0v) is 15.3. The molecule has 26 heavy (non-hydrogen) atoms. The van der Waals surface area contributed by atoms with E-state index in [1.807, 2.05) is 0 Å². The first-order valence-corrected chi connectivity index (χ1v) is 8.12. The first-order valence-electron chi connectivity index (χ1n) is 7.74. The molecule has 0 spiro atoms. The lowest BCUT2D eigenvalue weighted by Crippen LogP contribution is -2.32. The molecule has 1 heterocycles. The van der Waals surface area contributed by atoms with Crippen molar-refractivity contribution in [2.75, 3.05) is 7.11 Å². The number of hydrogen-bond acceptors (Lipinski definition) is 5. The minimum absolute atomic E-state index is 0.0153. The summed E-state index contributed by atoms with van der Waals surface area (Å²) in [7, 11) is 1.21. The predicted octanol–water partition coefficient (Wildman–Crippen LogP) is 2.96. The minimum Gasteiger partial charge on any atom is -0.478 e. The number of carbonyl (C=O) groups is 3. The molecule has 0 radical (unpaired) electrons. The van der Waals surface area contributed by atoms with Crippen molar-refractivity contribution in [1.29, 1.82) is 0 Å². The standard InChI is InChI=1S/C19H18ClNO5/c1-10(22)8-9-14-17(19(25)26-3)16(12-6-4-5-7-13(12)20)15(18(23)24)11(2)21-14/h4-9,16,21H,1-3H3,(H,23,24). The average molecular weight is 376 g/mol. The number of rotatable bonds is 5. The fourth-order valence-corrected chi connectivity index (χ4v) is 3.07. The van der Waals surface area contributed by atoms with Gasteiger partial charge in [-0.3, -0.25) is 4.79 Å². The van der Waals surface area contributed by atoms with Crippen LogP contribution in [0.2, 0.25) is 5.02 Å². The Bertz CT molecular complexity index is 866. The van der Waals surface area contributed by atoms with E-state index >= 15 is 0 Å². The maximum Gasteiger partial charge on any atom is 0.336 e. The van der Waals surface area contributed by atoms with Crippen LogP contribution in [0.5, 0.6) is 0 Å². The summed E-state index contributed by atoms with van der Waals surface area (Å²) in [6.07, 6.45) is 2.72. The van der Waals surface area contributed by atoms with Crippen molar-refractivity contribution in [3.8, 4) is 0 Å². The molecule has 1 aromatic carbocycles. The SMILES string of the molecule is COC(=O)C1=C(C=CC(C)=O)NC(C)=C(C(=O)O)C1c1ccccc1Cl. The molecule has 6 nitrogen and oxygen atoms in total. The molecule has 0 bridgehead atoms. The second kappa shape index (κ2) is 8.01. The molecule has 1 unspecified atom stereocenters. The first-order chi connectivity index (χ1) is 12.3. The Labute approximate surface area is 155 Å². The van der Waals surface area contributed by atoms with Gasteiger partial charge in [-0.25, -0.2) is 9.59 Å². The van der Waals surface area contributed by atoms with Crippen molar-refractivity contribution in [2.24, 2.45) is 0 Å². The molecule has 0 saturated carbocycles. The highest BCUT2D eigenvalue weighted by Crippen LogP contribution is 2.41. The van der Waals surface area contributed by atoms with E-state index in [9.17, 15) is 19.5 Å². The Morgan fingerprint density at radius 3 is 2.42 bits per heavy atom. The minimum atomic E-state index is -1.18. The van der Waals surface area contributed by atoms with E-state index in [0.717, 1.165) is 0 Å². The van der Waals surface area contributed by atoms with E-state index in [0.29, 0.717) is 22.0 Å². The smallest absolute Gasteiger partial charge is 0.336 e. The van der Waals surface area contributed by atoms with E-state index in [4.69, 9.17) is 16.3 Å². The lowest BCUT2D eigenvalue weighted by atomic mass is 9.80. The largest absolute Gasteiger partial charge is 0.478 e. The number of benzene rings is 1. The third-order valence-electron chi connectivity index (χ3n) is 3.93. The van der Waals surface area contributed by atoms with Crippen LogP contribution in [0.15, 0.2) is 59.0 Å². The fraction of sp³-hybridized carbons (Fsp3) is 0.211. The molecule has 1 atom stereocenters. The maximum absolute atomic E-state index is 12.5. The summed E-state index contributed by atoms with van der Waals surface area (Å²) < 4.78 is 4.87. The third kappa shape index (κ3) is 3.86. The highest BCUT2D eigenvalue weighted by atomic mass is 35.5. The quantitative estimate of drug-likeness (QED) is 0.607. The number of dihydropyridines is 1. The van der Waals surface area contributed by atoms with Crippen molar-refractivity contribution < 1.29 is 24.2 Å². The Hall–Kier alpha value is -2.86. The van der Waals surface area contributed by atoms with Crippen molar-refractivity contribution in [3.05, 3.63) is 69.5 Å². The number of esters is 1. The monoisotopic (exact) mass is 375 g/mol. The van der Waals surface area contributed by atoms with Crippen LogP contribution >= 0.6 is 11.6 Å². The van der Waals surface area contributed by atoms with Gasteiger partial charge in [0.25, 0.3) is 0 Å². The molecular formula is C19H18ClNO5. The fourth-order valence-electron chi connectivity index (χ4n) is 2.83. The lowest BCUT2D eigenvalue weighted by molar-refractivity contribution is -0.136. The van der Waals surface area contributed by atoms with Gasteiger partial charge < -0.3 is 15.2 Å². The summed E-state index contributed by atoms with van der Waals surface area (Å²) in [4.78, 5) is 35.7. The molecule has 0 amide bonds. The average Bonchev–Trinajstić information content (AvgIpc) is 2.58. The highest BCUT2D eigenvalue weighted by molar-refractivity contribution is 6.31. The van der Waals surface area contributed by atoms with Gasteiger partial charge in [-0.15, -0.1) is 0 Å². The van der Waals surface area contributed by atoms with E-state index in [1.54, 1.807) is 31.2 Å². The topological polar surface area (TPSA) is 92.7 Å². The van der Waals surface area contributed by atoms with Gasteiger partial charge in [-0.1, -0.05) is 29.8 Å². The number of carbonyl (C=O) groups excluding carboxylic acids is 2. The number of aliphatic carboxylic acids is 1. The van der Waals surface area contributed by atoms with Crippen LogP contribution in [0.3, 0.4) is 0 Å². The van der Waals surface area contributed by atoms with Crippen LogP contribution in [0.4, 0.5) is 0 Å². The predicted molar refractivity (Wildman–Crippen MR) is 96.5 cm³/mol. The Balaban J connectivity index is 2.80. The number of ether oxygens (including phenoxy) is 1. The summed E-state index contributed by atoms with van der Waals surface area (Å²) in [6, 6.07) is 6.69. The zero-order chi connectivity index (χ0) is 19.4. The summed E-state index contributed by atoms with van der Waals surface area (Å²) in [5, 5.41) is 12.9. The van der Waals surface area contributed by atoms with Gasteiger partial charge in [0.05, 0.1) is 24.2 Å². The van der Waals surface area contributed by atoms with Gasteiger partial charge in [-0.2, -0.15) is 0 Å². The van der Waals surface area contributed by atoms with Gasteiger partial charge in [0.1, 0.15) is 0 Å². The van der Waals surface area contributed by atoms with Crippen LogP contribution in [-0.4, -0.2) is 29.9 Å². The van der Waals surface area contributed by atoms with Crippen molar-refractivity contribution in [2.45, 2.75) is 19.8 Å². The van der Waals surface area contributed by atoms with E-state index in [1.165, 1.54) is 26.2 Å². The van der Waals surface area contributed by atoms with Crippen LogP contribution in [0, 0.1) is 0 Å². The molecule has 136 valence electrons. The third-order valence-corrected chi connectivity index (χ3v) is 4.27. The summed E-state index contributed by atoms with van der Waals surface area (Å²) in [5.74, 6) is -3.06. The Morgan fingerprint density at radius 1 is 1.23 bits per heavy atom. The lowest BCUT2D eigenvalue weighted by Gasteiger charge is -2.30.